The molecule has 0 bridgehead atoms. The second kappa shape index (κ2) is 6.32. The fourth-order valence-corrected chi connectivity index (χ4v) is 3.37. The summed E-state index contributed by atoms with van der Waals surface area (Å²) in [6.45, 7) is 2.73. The van der Waals surface area contributed by atoms with E-state index in [0.717, 1.165) is 38.0 Å². The van der Waals surface area contributed by atoms with Gasteiger partial charge in [-0.25, -0.2) is 0 Å². The maximum absolute atomic E-state index is 12.1. The Morgan fingerprint density at radius 3 is 2.05 bits per heavy atom. The first-order chi connectivity index (χ1) is 10.7. The van der Waals surface area contributed by atoms with Crippen molar-refractivity contribution in [2.75, 3.05) is 13.1 Å². The van der Waals surface area contributed by atoms with Gasteiger partial charge in [0.2, 0.25) is 5.91 Å². The van der Waals surface area contributed by atoms with Crippen LogP contribution in [0.2, 0.25) is 0 Å². The summed E-state index contributed by atoms with van der Waals surface area (Å²) in [5.41, 5.74) is 7.64. The summed E-state index contributed by atoms with van der Waals surface area (Å²) in [5.74, 6) is -0.196. The average molecular weight is 294 g/mol. The van der Waals surface area contributed by atoms with Crippen LogP contribution in [-0.2, 0) is 16.8 Å². The summed E-state index contributed by atoms with van der Waals surface area (Å²) in [6.07, 6.45) is 1.58. The fraction of sp³-hybridized carbons (Fsp3) is 0.316. The van der Waals surface area contributed by atoms with Crippen molar-refractivity contribution < 1.29 is 4.79 Å². The third kappa shape index (κ3) is 2.90. The molecule has 1 amide bonds. The summed E-state index contributed by atoms with van der Waals surface area (Å²) in [7, 11) is 0. The van der Waals surface area contributed by atoms with E-state index >= 15 is 0 Å². The molecule has 0 radical (unpaired) electrons. The molecule has 2 N–H and O–H groups in total. The molecule has 0 spiro atoms. The lowest BCUT2D eigenvalue weighted by Gasteiger charge is -2.40. The smallest absolute Gasteiger partial charge is 0.228 e. The van der Waals surface area contributed by atoms with E-state index in [1.54, 1.807) is 0 Å². The number of piperidine rings is 1. The highest BCUT2D eigenvalue weighted by atomic mass is 16.1. The topological polar surface area (TPSA) is 46.3 Å². The summed E-state index contributed by atoms with van der Waals surface area (Å²) in [4.78, 5) is 14.5. The highest BCUT2D eigenvalue weighted by Gasteiger charge is 2.41. The summed E-state index contributed by atoms with van der Waals surface area (Å²) >= 11 is 0. The first-order valence-electron chi connectivity index (χ1n) is 7.82. The molecule has 3 rings (SSSR count). The van der Waals surface area contributed by atoms with Crippen molar-refractivity contribution in [3.8, 4) is 0 Å². The molecule has 0 atom stereocenters. The molecule has 114 valence electrons. The lowest BCUT2D eigenvalue weighted by atomic mass is 9.72. The van der Waals surface area contributed by atoms with Crippen LogP contribution < -0.4 is 5.73 Å². The van der Waals surface area contributed by atoms with Gasteiger partial charge in [0.15, 0.2) is 0 Å². The Hall–Kier alpha value is -2.13. The number of carbonyl (C=O) groups is 1. The standard InChI is InChI=1S/C19H22N2O/c20-18(22)19(17-9-5-2-6-10-17)11-13-21(14-12-19)15-16-7-3-1-4-8-16/h1-10H,11-15H2,(H2,20,22). The molecule has 2 aromatic rings. The maximum atomic E-state index is 12.1. The van der Waals surface area contributed by atoms with Crippen LogP contribution in [0.25, 0.3) is 0 Å². The van der Waals surface area contributed by atoms with Crippen molar-refractivity contribution in [1.29, 1.82) is 0 Å². The zero-order valence-electron chi connectivity index (χ0n) is 12.7. The van der Waals surface area contributed by atoms with Crippen LogP contribution in [0.4, 0.5) is 0 Å². The predicted octanol–water partition coefficient (Wildman–Crippen LogP) is 2.71. The first kappa shape index (κ1) is 14.8. The fourth-order valence-electron chi connectivity index (χ4n) is 3.37. The van der Waals surface area contributed by atoms with E-state index in [1.807, 2.05) is 36.4 Å². The van der Waals surface area contributed by atoms with Gasteiger partial charge in [0.05, 0.1) is 5.41 Å². The van der Waals surface area contributed by atoms with Gasteiger partial charge in [-0.05, 0) is 37.1 Å². The Morgan fingerprint density at radius 1 is 0.955 bits per heavy atom. The molecule has 3 nitrogen and oxygen atoms in total. The molecule has 1 aliphatic rings. The number of primary amides is 1. The number of nitrogens with two attached hydrogens (primary N) is 1. The van der Waals surface area contributed by atoms with Gasteiger partial charge in [-0.15, -0.1) is 0 Å². The van der Waals surface area contributed by atoms with E-state index < -0.39 is 5.41 Å². The Morgan fingerprint density at radius 2 is 1.50 bits per heavy atom. The van der Waals surface area contributed by atoms with E-state index in [0.29, 0.717) is 0 Å². The van der Waals surface area contributed by atoms with Crippen LogP contribution in [0.15, 0.2) is 60.7 Å². The van der Waals surface area contributed by atoms with Crippen molar-refractivity contribution in [2.24, 2.45) is 5.73 Å². The first-order valence-corrected chi connectivity index (χ1v) is 7.82. The monoisotopic (exact) mass is 294 g/mol. The molecule has 0 aromatic heterocycles. The number of carbonyl (C=O) groups excluding carboxylic acids is 1. The van der Waals surface area contributed by atoms with Crippen LogP contribution in [0, 0.1) is 0 Å². The third-order valence-electron chi connectivity index (χ3n) is 4.76. The zero-order valence-corrected chi connectivity index (χ0v) is 12.7. The number of amides is 1. The number of benzene rings is 2. The van der Waals surface area contributed by atoms with E-state index in [9.17, 15) is 4.79 Å². The minimum Gasteiger partial charge on any atom is -0.369 e. The van der Waals surface area contributed by atoms with Gasteiger partial charge in [0.1, 0.15) is 0 Å². The van der Waals surface area contributed by atoms with Gasteiger partial charge >= 0.3 is 0 Å². The van der Waals surface area contributed by atoms with Crippen LogP contribution >= 0.6 is 0 Å². The lowest BCUT2D eigenvalue weighted by molar-refractivity contribution is -0.125. The van der Waals surface area contributed by atoms with Gasteiger partial charge in [-0.3, -0.25) is 9.69 Å². The van der Waals surface area contributed by atoms with E-state index in [2.05, 4.69) is 29.2 Å². The number of likely N-dealkylation sites (tertiary alicyclic amines) is 1. The summed E-state index contributed by atoms with van der Waals surface area (Å²) in [6, 6.07) is 20.5. The lowest BCUT2D eigenvalue weighted by Crippen LogP contribution is -2.49. The molecule has 2 aromatic carbocycles. The number of rotatable bonds is 4. The van der Waals surface area contributed by atoms with Crippen molar-refractivity contribution in [1.82, 2.24) is 4.90 Å². The Labute approximate surface area is 131 Å². The third-order valence-corrected chi connectivity index (χ3v) is 4.76. The molecule has 1 saturated heterocycles. The largest absolute Gasteiger partial charge is 0.369 e. The number of hydrogen-bond acceptors (Lipinski definition) is 2. The molecule has 22 heavy (non-hydrogen) atoms. The minimum atomic E-state index is -0.506. The number of nitrogens with zero attached hydrogens (tertiary/aromatic N) is 1. The van der Waals surface area contributed by atoms with E-state index in [1.165, 1.54) is 5.56 Å². The van der Waals surface area contributed by atoms with Crippen molar-refractivity contribution in [3.05, 3.63) is 71.8 Å². The van der Waals surface area contributed by atoms with Gasteiger partial charge in [-0.1, -0.05) is 60.7 Å². The van der Waals surface area contributed by atoms with Crippen molar-refractivity contribution >= 4 is 5.91 Å². The van der Waals surface area contributed by atoms with E-state index in [-0.39, 0.29) is 5.91 Å². The molecule has 1 fully saturated rings. The van der Waals surface area contributed by atoms with Crippen LogP contribution in [-0.4, -0.2) is 23.9 Å². The van der Waals surface area contributed by atoms with Gasteiger partial charge in [0.25, 0.3) is 0 Å². The average Bonchev–Trinajstić information content (AvgIpc) is 2.57. The van der Waals surface area contributed by atoms with Crippen LogP contribution in [0.1, 0.15) is 24.0 Å². The normalized spacial score (nSPS) is 18.0. The maximum Gasteiger partial charge on any atom is 0.228 e. The second-order valence-corrected chi connectivity index (χ2v) is 6.07. The Kier molecular flexibility index (Phi) is 4.25. The minimum absolute atomic E-state index is 0.196. The Balaban J connectivity index is 1.72. The van der Waals surface area contributed by atoms with Crippen molar-refractivity contribution in [2.45, 2.75) is 24.8 Å². The zero-order chi connectivity index (χ0) is 15.4. The Bertz CT molecular complexity index is 616. The van der Waals surface area contributed by atoms with Crippen molar-refractivity contribution in [3.63, 3.8) is 0 Å². The molecule has 0 aliphatic carbocycles. The van der Waals surface area contributed by atoms with Gasteiger partial charge in [0, 0.05) is 6.54 Å². The molecule has 3 heteroatoms. The molecule has 1 aliphatic heterocycles. The summed E-state index contributed by atoms with van der Waals surface area (Å²) in [5, 5.41) is 0. The van der Waals surface area contributed by atoms with E-state index in [4.69, 9.17) is 5.73 Å². The second-order valence-electron chi connectivity index (χ2n) is 6.07. The molecular formula is C19H22N2O. The van der Waals surface area contributed by atoms with Crippen LogP contribution in [0.5, 0.6) is 0 Å². The molecule has 0 unspecified atom stereocenters. The number of hydrogen-bond donors (Lipinski definition) is 1. The quantitative estimate of drug-likeness (QED) is 0.942. The highest BCUT2D eigenvalue weighted by molar-refractivity contribution is 5.86. The van der Waals surface area contributed by atoms with Gasteiger partial charge < -0.3 is 5.73 Å². The highest BCUT2D eigenvalue weighted by Crippen LogP contribution is 2.35. The summed E-state index contributed by atoms with van der Waals surface area (Å²) < 4.78 is 0. The molecule has 1 heterocycles. The van der Waals surface area contributed by atoms with Crippen LogP contribution in [0.3, 0.4) is 0 Å². The predicted molar refractivity (Wildman–Crippen MR) is 88.3 cm³/mol. The van der Waals surface area contributed by atoms with Gasteiger partial charge in [-0.2, -0.15) is 0 Å². The molecule has 0 saturated carbocycles. The molecular weight excluding hydrogens is 272 g/mol. The SMILES string of the molecule is NC(=O)C1(c2ccccc2)CCN(Cc2ccccc2)CC1.